The van der Waals surface area contributed by atoms with Crippen LogP contribution in [0.25, 0.3) is 11.0 Å². The smallest absolute Gasteiger partial charge is 0.317 e. The SMILES string of the molecule is Cn1c(=O)c(=O)n2c3c(cc(Br)cc31)CCC2C(N)=O. The molecule has 1 atom stereocenters. The molecular weight excluding hydrogens is 326 g/mol. The Balaban J connectivity index is 2.59. The molecule has 6 nitrogen and oxygen atoms in total. The van der Waals surface area contributed by atoms with E-state index < -0.39 is 23.1 Å². The van der Waals surface area contributed by atoms with Crippen molar-refractivity contribution in [2.75, 3.05) is 0 Å². The first-order valence-corrected chi connectivity index (χ1v) is 6.94. The lowest BCUT2D eigenvalue weighted by molar-refractivity contribution is -0.121. The number of hydrogen-bond donors (Lipinski definition) is 1. The van der Waals surface area contributed by atoms with Gasteiger partial charge in [-0.25, -0.2) is 0 Å². The van der Waals surface area contributed by atoms with Crippen molar-refractivity contribution in [3.8, 4) is 0 Å². The maximum absolute atomic E-state index is 12.2. The minimum atomic E-state index is -0.757. The van der Waals surface area contributed by atoms with Gasteiger partial charge in [-0.2, -0.15) is 0 Å². The van der Waals surface area contributed by atoms with Gasteiger partial charge in [-0.15, -0.1) is 0 Å². The van der Waals surface area contributed by atoms with E-state index in [9.17, 15) is 14.4 Å². The number of halogens is 1. The van der Waals surface area contributed by atoms with Crippen molar-refractivity contribution in [1.29, 1.82) is 0 Å². The van der Waals surface area contributed by atoms with Crippen LogP contribution in [0.5, 0.6) is 0 Å². The second kappa shape index (κ2) is 4.31. The molecule has 1 aliphatic rings. The second-order valence-corrected chi connectivity index (χ2v) is 5.84. The molecule has 1 amide bonds. The van der Waals surface area contributed by atoms with Crippen LogP contribution in [0.1, 0.15) is 18.0 Å². The third-order valence-corrected chi connectivity index (χ3v) is 4.23. The summed E-state index contributed by atoms with van der Waals surface area (Å²) in [6.45, 7) is 0. The van der Waals surface area contributed by atoms with Gasteiger partial charge in [0, 0.05) is 11.5 Å². The van der Waals surface area contributed by atoms with Crippen LogP contribution >= 0.6 is 15.9 Å². The average Bonchev–Trinajstić information content (AvgIpc) is 2.41. The topological polar surface area (TPSA) is 87.1 Å². The Morgan fingerprint density at radius 3 is 2.70 bits per heavy atom. The first-order valence-electron chi connectivity index (χ1n) is 6.15. The van der Waals surface area contributed by atoms with Gasteiger partial charge in [0.15, 0.2) is 0 Å². The zero-order valence-corrected chi connectivity index (χ0v) is 12.3. The summed E-state index contributed by atoms with van der Waals surface area (Å²) in [4.78, 5) is 35.8. The molecule has 1 aromatic carbocycles. The number of nitrogens with two attached hydrogens (primary N) is 1. The Hall–Kier alpha value is -1.89. The van der Waals surface area contributed by atoms with Crippen molar-refractivity contribution in [2.24, 2.45) is 12.8 Å². The zero-order valence-electron chi connectivity index (χ0n) is 10.7. The van der Waals surface area contributed by atoms with E-state index in [0.29, 0.717) is 23.9 Å². The summed E-state index contributed by atoms with van der Waals surface area (Å²) >= 11 is 3.40. The number of aryl methyl sites for hydroxylation is 2. The third-order valence-electron chi connectivity index (χ3n) is 3.77. The largest absolute Gasteiger partial charge is 0.368 e. The molecule has 20 heavy (non-hydrogen) atoms. The van der Waals surface area contributed by atoms with E-state index in [4.69, 9.17) is 5.73 Å². The predicted octanol–water partition coefficient (Wildman–Crippen LogP) is 0.435. The van der Waals surface area contributed by atoms with Crippen LogP contribution in [-0.2, 0) is 18.3 Å². The summed E-state index contributed by atoms with van der Waals surface area (Å²) in [6.07, 6.45) is 1.07. The van der Waals surface area contributed by atoms with Crippen molar-refractivity contribution in [3.63, 3.8) is 0 Å². The quantitative estimate of drug-likeness (QED) is 0.765. The van der Waals surface area contributed by atoms with E-state index in [0.717, 1.165) is 10.0 Å². The minimum Gasteiger partial charge on any atom is -0.368 e. The number of aromatic nitrogens is 2. The fourth-order valence-corrected chi connectivity index (χ4v) is 3.30. The van der Waals surface area contributed by atoms with Gasteiger partial charge in [0.1, 0.15) is 6.04 Å². The number of carbonyl (C=O) groups excluding carboxylic acids is 1. The number of primary amides is 1. The molecule has 0 radical (unpaired) electrons. The third kappa shape index (κ3) is 1.66. The summed E-state index contributed by atoms with van der Waals surface area (Å²) in [6, 6.07) is 2.91. The van der Waals surface area contributed by atoms with Crippen LogP contribution in [-0.4, -0.2) is 15.0 Å². The molecule has 7 heteroatoms. The fourth-order valence-electron chi connectivity index (χ4n) is 2.81. The molecule has 0 spiro atoms. The molecule has 0 aliphatic carbocycles. The lowest BCUT2D eigenvalue weighted by Crippen LogP contribution is -2.46. The van der Waals surface area contributed by atoms with Crippen LogP contribution in [0.2, 0.25) is 0 Å². The van der Waals surface area contributed by atoms with Crippen LogP contribution < -0.4 is 16.9 Å². The zero-order chi connectivity index (χ0) is 14.6. The Bertz CT molecular complexity index is 866. The molecule has 1 unspecified atom stereocenters. The molecule has 1 aliphatic heterocycles. The summed E-state index contributed by atoms with van der Waals surface area (Å²) in [7, 11) is 1.55. The summed E-state index contributed by atoms with van der Waals surface area (Å²) in [5, 5.41) is 0. The van der Waals surface area contributed by atoms with Gasteiger partial charge < -0.3 is 10.3 Å². The maximum Gasteiger partial charge on any atom is 0.317 e. The number of amides is 1. The van der Waals surface area contributed by atoms with Gasteiger partial charge in [-0.05, 0) is 30.5 Å². The minimum absolute atomic E-state index is 0.432. The number of hydrogen-bond acceptors (Lipinski definition) is 3. The van der Waals surface area contributed by atoms with Crippen molar-refractivity contribution in [2.45, 2.75) is 18.9 Å². The predicted molar refractivity (Wildman–Crippen MR) is 77.7 cm³/mol. The molecule has 1 aromatic heterocycles. The van der Waals surface area contributed by atoms with E-state index in [1.165, 1.54) is 9.13 Å². The molecule has 0 saturated heterocycles. The summed E-state index contributed by atoms with van der Waals surface area (Å²) < 4.78 is 3.40. The molecule has 2 N–H and O–H groups in total. The van der Waals surface area contributed by atoms with Gasteiger partial charge >= 0.3 is 11.1 Å². The molecule has 2 heterocycles. The van der Waals surface area contributed by atoms with E-state index in [-0.39, 0.29) is 0 Å². The molecule has 0 fully saturated rings. The van der Waals surface area contributed by atoms with Crippen LogP contribution in [0.3, 0.4) is 0 Å². The van der Waals surface area contributed by atoms with Gasteiger partial charge in [0.25, 0.3) is 0 Å². The van der Waals surface area contributed by atoms with Gasteiger partial charge in [-0.3, -0.25) is 19.0 Å². The second-order valence-electron chi connectivity index (χ2n) is 4.93. The highest BCUT2D eigenvalue weighted by molar-refractivity contribution is 9.10. The van der Waals surface area contributed by atoms with Gasteiger partial charge in [-0.1, -0.05) is 15.9 Å². The molecule has 104 valence electrons. The Morgan fingerprint density at radius 1 is 1.35 bits per heavy atom. The first-order chi connectivity index (χ1) is 9.41. The van der Waals surface area contributed by atoms with E-state index >= 15 is 0 Å². The molecule has 2 aromatic rings. The number of rotatable bonds is 1. The van der Waals surface area contributed by atoms with Crippen molar-refractivity contribution < 1.29 is 4.79 Å². The highest BCUT2D eigenvalue weighted by atomic mass is 79.9. The first kappa shape index (κ1) is 13.1. The molecule has 0 saturated carbocycles. The lowest BCUT2D eigenvalue weighted by atomic mass is 9.97. The molecule has 3 rings (SSSR count). The molecular formula is C13H12BrN3O3. The number of nitrogens with zero attached hydrogens (tertiary/aromatic N) is 2. The Labute approximate surface area is 121 Å². The van der Waals surface area contributed by atoms with E-state index in [1.54, 1.807) is 13.1 Å². The fraction of sp³-hybridized carbons (Fsp3) is 0.308. The summed E-state index contributed by atoms with van der Waals surface area (Å²) in [5.74, 6) is -0.588. The van der Waals surface area contributed by atoms with Gasteiger partial charge in [0.05, 0.1) is 11.0 Å². The van der Waals surface area contributed by atoms with Crippen molar-refractivity contribution in [1.82, 2.24) is 9.13 Å². The Kier molecular flexibility index (Phi) is 2.82. The maximum atomic E-state index is 12.2. The summed E-state index contributed by atoms with van der Waals surface area (Å²) in [5.41, 5.74) is 6.18. The standard InChI is InChI=1S/C13H12BrN3O3/c1-16-9-5-7(14)4-6-2-3-8(11(15)18)17(10(6)9)13(20)12(16)19/h4-5,8H,2-3H2,1H3,(H2,15,18). The molecule has 0 bridgehead atoms. The highest BCUT2D eigenvalue weighted by Gasteiger charge is 2.28. The average molecular weight is 338 g/mol. The number of benzene rings is 1. The van der Waals surface area contributed by atoms with Crippen molar-refractivity contribution in [3.05, 3.63) is 42.9 Å². The highest BCUT2D eigenvalue weighted by Crippen LogP contribution is 2.31. The lowest BCUT2D eigenvalue weighted by Gasteiger charge is -2.26. The monoisotopic (exact) mass is 337 g/mol. The normalized spacial score (nSPS) is 17.4. The van der Waals surface area contributed by atoms with Crippen LogP contribution in [0.15, 0.2) is 26.2 Å². The van der Waals surface area contributed by atoms with E-state index in [2.05, 4.69) is 15.9 Å². The van der Waals surface area contributed by atoms with Crippen molar-refractivity contribution >= 4 is 32.9 Å². The van der Waals surface area contributed by atoms with E-state index in [1.807, 2.05) is 6.07 Å². The Morgan fingerprint density at radius 2 is 2.05 bits per heavy atom. The van der Waals surface area contributed by atoms with Crippen LogP contribution in [0, 0.1) is 0 Å². The number of carbonyl (C=O) groups is 1. The van der Waals surface area contributed by atoms with Crippen LogP contribution in [0.4, 0.5) is 0 Å². The van der Waals surface area contributed by atoms with Gasteiger partial charge in [0.2, 0.25) is 5.91 Å².